The molecule has 1 aliphatic heterocycles. The fourth-order valence-corrected chi connectivity index (χ4v) is 7.10. The van der Waals surface area contributed by atoms with Gasteiger partial charge in [-0.25, -0.2) is 0 Å². The van der Waals surface area contributed by atoms with Gasteiger partial charge in [0.25, 0.3) is 0 Å². The molecule has 0 fully saturated rings. The van der Waals surface area contributed by atoms with Crippen molar-refractivity contribution in [3.05, 3.63) is 59.2 Å². The molecule has 2 aromatic rings. The molecule has 0 aliphatic carbocycles. The Balaban J connectivity index is 0.00000324. The van der Waals surface area contributed by atoms with E-state index in [9.17, 15) is 13.9 Å². The molecule has 3 rings (SSSR count). The molecule has 0 spiro atoms. The van der Waals surface area contributed by atoms with E-state index in [4.69, 9.17) is 9.84 Å². The summed E-state index contributed by atoms with van der Waals surface area (Å²) in [5.74, 6) is -0.0761. The van der Waals surface area contributed by atoms with Crippen LogP contribution >= 0.6 is 10.6 Å². The number of nitrogens with one attached hydrogen (secondary N) is 1. The lowest BCUT2D eigenvalue weighted by Crippen LogP contribution is -2.49. The average molecular weight is 525 g/mol. The Morgan fingerprint density at radius 3 is 2.42 bits per heavy atom. The first-order valence-corrected chi connectivity index (χ1v) is 13.6. The molecule has 204 valence electrons. The Morgan fingerprint density at radius 1 is 1.19 bits per heavy atom. The van der Waals surface area contributed by atoms with E-state index in [1.54, 1.807) is 19.1 Å². The number of nitrogens with zero attached hydrogens (tertiary/aromatic N) is 1. The SMILES string of the molecule is CCCC[C@]1(CC)CS(O)(O)c2cc(CN(C)CC(=O)O)c(OC)cc2[C@@H](c2ccccc2)N1.N.N. The predicted octanol–water partition coefficient (Wildman–Crippen LogP) is 5.68. The van der Waals surface area contributed by atoms with Gasteiger partial charge in [-0.15, -0.1) is 0 Å². The number of rotatable bonds is 10. The van der Waals surface area contributed by atoms with Crippen molar-refractivity contribution in [2.75, 3.05) is 26.5 Å². The molecular weight excluding hydrogens is 480 g/mol. The first kappa shape index (κ1) is 31.8. The number of carboxylic acid groups (broad SMARTS) is 1. The maximum atomic E-state index is 11.6. The van der Waals surface area contributed by atoms with Crippen molar-refractivity contribution in [1.82, 2.24) is 22.5 Å². The van der Waals surface area contributed by atoms with E-state index in [1.165, 1.54) is 0 Å². The van der Waals surface area contributed by atoms with Crippen molar-refractivity contribution in [2.45, 2.75) is 62.6 Å². The molecule has 2 atom stereocenters. The Kier molecular flexibility index (Phi) is 11.8. The van der Waals surface area contributed by atoms with Crippen LogP contribution in [-0.4, -0.2) is 57.1 Å². The second-order valence-corrected chi connectivity index (χ2v) is 11.4. The lowest BCUT2D eigenvalue weighted by molar-refractivity contribution is -0.138. The maximum Gasteiger partial charge on any atom is 0.317 e. The monoisotopic (exact) mass is 524 g/mol. The molecule has 9 nitrogen and oxygen atoms in total. The summed E-state index contributed by atoms with van der Waals surface area (Å²) in [6.07, 6.45) is 3.63. The second-order valence-electron chi connectivity index (χ2n) is 9.30. The summed E-state index contributed by atoms with van der Waals surface area (Å²) in [6.45, 7) is 4.44. The lowest BCUT2D eigenvalue weighted by Gasteiger charge is -2.42. The van der Waals surface area contributed by atoms with Gasteiger partial charge in [0.05, 0.1) is 30.3 Å². The number of aliphatic carboxylic acids is 1. The van der Waals surface area contributed by atoms with Gasteiger partial charge in [0.1, 0.15) is 5.75 Å². The van der Waals surface area contributed by atoms with Crippen molar-refractivity contribution in [1.29, 1.82) is 0 Å². The van der Waals surface area contributed by atoms with Gasteiger partial charge in [-0.1, -0.05) is 57.0 Å². The van der Waals surface area contributed by atoms with Crippen molar-refractivity contribution in [2.24, 2.45) is 0 Å². The smallest absolute Gasteiger partial charge is 0.317 e. The number of hydrogen-bond acceptors (Lipinski definition) is 8. The third-order valence-electron chi connectivity index (χ3n) is 6.67. The highest BCUT2D eigenvalue weighted by Crippen LogP contribution is 2.58. The van der Waals surface area contributed by atoms with Gasteiger partial charge < -0.3 is 22.1 Å². The van der Waals surface area contributed by atoms with Gasteiger partial charge in [-0.05, 0) is 37.6 Å². The fraction of sp³-hybridized carbons (Fsp3) is 0.500. The highest BCUT2D eigenvalue weighted by molar-refractivity contribution is 8.24. The number of unbranched alkanes of at least 4 members (excludes halogenated alkanes) is 1. The van der Waals surface area contributed by atoms with E-state index in [1.807, 2.05) is 30.3 Å². The number of methoxy groups -OCH3 is 1. The number of carbonyl (C=O) groups is 1. The summed E-state index contributed by atoms with van der Waals surface area (Å²) in [6, 6.07) is 13.5. The van der Waals surface area contributed by atoms with Crippen molar-refractivity contribution in [3.8, 4) is 5.75 Å². The van der Waals surface area contributed by atoms with Crippen LogP contribution in [-0.2, 0) is 11.3 Å². The quantitative estimate of drug-likeness (QED) is 0.229. The molecule has 0 amide bonds. The first-order valence-electron chi connectivity index (χ1n) is 11.8. The highest BCUT2D eigenvalue weighted by atomic mass is 32.3. The van der Waals surface area contributed by atoms with Crippen LogP contribution < -0.4 is 22.4 Å². The number of ether oxygens (including phenoxy) is 1. The molecule has 1 aliphatic rings. The minimum atomic E-state index is -3.13. The zero-order chi connectivity index (χ0) is 24.9. The molecule has 10 N–H and O–H groups in total. The number of benzene rings is 2. The average Bonchev–Trinajstić information content (AvgIpc) is 2.89. The minimum absolute atomic E-state index is 0. The van der Waals surface area contributed by atoms with Gasteiger partial charge in [0.2, 0.25) is 0 Å². The van der Waals surface area contributed by atoms with Crippen LogP contribution in [0.15, 0.2) is 47.4 Å². The molecule has 0 saturated heterocycles. The third kappa shape index (κ3) is 7.19. The van der Waals surface area contributed by atoms with Crippen LogP contribution in [0.5, 0.6) is 5.75 Å². The molecule has 0 radical (unpaired) electrons. The molecular formula is C26H44N4O5S. The molecule has 36 heavy (non-hydrogen) atoms. The molecule has 1 heterocycles. The molecule has 0 aromatic heterocycles. The number of likely N-dealkylation sites (N-methyl/N-ethyl adjacent to an activating group) is 1. The summed E-state index contributed by atoms with van der Waals surface area (Å²) in [5.41, 5.74) is 2.14. The van der Waals surface area contributed by atoms with Crippen LogP contribution in [0.3, 0.4) is 0 Å². The van der Waals surface area contributed by atoms with Gasteiger partial charge >= 0.3 is 5.97 Å². The molecule has 0 bridgehead atoms. The standard InChI is InChI=1S/C26H38N2O5S.2H3N/c1-5-7-13-26(6-2)18-34(31,32)23-14-20(16-28(3)17-24(29)30)22(33-4)15-21(23)25(27-26)19-11-9-8-10-12-19;;/h8-12,14-15,25,27,31-32H,5-7,13,16-18H2,1-4H3,(H,29,30);2*1H3/t25-,26-;;/m1../s1. The van der Waals surface area contributed by atoms with E-state index < -0.39 is 22.1 Å². The molecule has 0 unspecified atom stereocenters. The second kappa shape index (κ2) is 13.4. The third-order valence-corrected chi connectivity index (χ3v) is 8.68. The highest BCUT2D eigenvalue weighted by Gasteiger charge is 2.42. The Labute approximate surface area is 216 Å². The van der Waals surface area contributed by atoms with Gasteiger partial charge in [-0.2, -0.15) is 10.6 Å². The largest absolute Gasteiger partial charge is 0.496 e. The zero-order valence-corrected chi connectivity index (χ0v) is 22.8. The minimum Gasteiger partial charge on any atom is -0.496 e. The van der Waals surface area contributed by atoms with E-state index in [-0.39, 0.29) is 30.6 Å². The summed E-state index contributed by atoms with van der Waals surface area (Å²) in [7, 11) is 0.175. The van der Waals surface area contributed by atoms with Crippen LogP contribution in [0.2, 0.25) is 0 Å². The van der Waals surface area contributed by atoms with Crippen molar-refractivity contribution < 1.29 is 23.7 Å². The summed E-state index contributed by atoms with van der Waals surface area (Å²) < 4.78 is 28.8. The number of fused-ring (bicyclic) bond motifs is 1. The van der Waals surface area contributed by atoms with Crippen molar-refractivity contribution in [3.63, 3.8) is 0 Å². The summed E-state index contributed by atoms with van der Waals surface area (Å²) in [5, 5.41) is 13.0. The van der Waals surface area contributed by atoms with E-state index in [0.29, 0.717) is 17.2 Å². The van der Waals surface area contributed by atoms with Gasteiger partial charge in [0, 0.05) is 23.2 Å². The Hall–Kier alpha value is -2.18. The van der Waals surface area contributed by atoms with Crippen LogP contribution in [0.25, 0.3) is 0 Å². The molecule has 0 saturated carbocycles. The summed E-state index contributed by atoms with van der Waals surface area (Å²) in [4.78, 5) is 13.3. The predicted molar refractivity (Wildman–Crippen MR) is 147 cm³/mol. The van der Waals surface area contributed by atoms with E-state index >= 15 is 0 Å². The van der Waals surface area contributed by atoms with E-state index in [2.05, 4.69) is 31.3 Å². The topological polar surface area (TPSA) is 172 Å². The van der Waals surface area contributed by atoms with Crippen LogP contribution in [0, 0.1) is 0 Å². The van der Waals surface area contributed by atoms with E-state index in [0.717, 1.165) is 42.4 Å². The molecule has 10 heteroatoms. The lowest BCUT2D eigenvalue weighted by atomic mass is 9.88. The Morgan fingerprint density at radius 2 is 1.86 bits per heavy atom. The Bertz CT molecular complexity index is 992. The first-order chi connectivity index (χ1) is 16.1. The maximum absolute atomic E-state index is 11.6. The zero-order valence-electron chi connectivity index (χ0n) is 22.0. The fourth-order valence-electron chi connectivity index (χ4n) is 4.86. The summed E-state index contributed by atoms with van der Waals surface area (Å²) >= 11 is 0. The van der Waals surface area contributed by atoms with Gasteiger partial charge in [-0.3, -0.25) is 24.1 Å². The van der Waals surface area contributed by atoms with Crippen LogP contribution in [0.4, 0.5) is 0 Å². The molecule has 2 aromatic carbocycles. The normalized spacial score (nSPS) is 21.4. The van der Waals surface area contributed by atoms with Gasteiger partial charge in [0.15, 0.2) is 0 Å². The number of carboxylic acids is 1. The number of hydrogen-bond donors (Lipinski definition) is 6. The van der Waals surface area contributed by atoms with Crippen molar-refractivity contribution >= 4 is 16.6 Å². The van der Waals surface area contributed by atoms with Crippen LogP contribution in [0.1, 0.15) is 62.3 Å².